The Kier molecular flexibility index (Phi) is 12.2. The lowest BCUT2D eigenvalue weighted by molar-refractivity contribution is -0.138. The number of allylic oxidation sites excluding steroid dienone is 1. The molecule has 0 unspecified atom stereocenters. The van der Waals surface area contributed by atoms with Crippen molar-refractivity contribution in [3.8, 4) is 0 Å². The van der Waals surface area contributed by atoms with Gasteiger partial charge in [-0.2, -0.15) is 0 Å². The average Bonchev–Trinajstić information content (AvgIpc) is 3.78. The monoisotopic (exact) mass is 717 g/mol. The van der Waals surface area contributed by atoms with Crippen LogP contribution in [0.2, 0.25) is 0 Å². The van der Waals surface area contributed by atoms with Crippen molar-refractivity contribution in [2.24, 2.45) is 5.73 Å². The molecular formula is C38H47N5O9. The summed E-state index contributed by atoms with van der Waals surface area (Å²) in [7, 11) is 0. The number of aryl methyl sites for hydroxylation is 3. The Morgan fingerprint density at radius 1 is 0.885 bits per heavy atom. The van der Waals surface area contributed by atoms with Gasteiger partial charge in [-0.3, -0.25) is 14.6 Å². The van der Waals surface area contributed by atoms with Gasteiger partial charge in [-0.25, -0.2) is 9.78 Å². The van der Waals surface area contributed by atoms with E-state index in [9.17, 15) is 29.7 Å². The van der Waals surface area contributed by atoms with Gasteiger partial charge in [0.25, 0.3) is 0 Å². The molecule has 5 heterocycles. The standard InChI is InChI=1S/C34H36N4O6.C4H11NO3/c1-7-19-15(3)23-12-25-17(5)21(9-10-29(39)40)32(37-25)22(11-30(41)42)33-31(34(43)44)18(6)26(38-33)14-28-20(8-2)16(4)24(36-28)13-27(19)35-23;5-4(1-6,2-7)3-8/h7,12-14,17,21,35-36H,1,8-11H2,2-6H3,(H,39,40)(H,41,42)(H,43,44);6-8H,1-3,5H2/t17-,21-;/m0./s1. The molecule has 14 heteroatoms. The van der Waals surface area contributed by atoms with E-state index < -0.39 is 55.6 Å². The van der Waals surface area contributed by atoms with E-state index in [0.29, 0.717) is 29.1 Å². The first-order chi connectivity index (χ1) is 24.5. The van der Waals surface area contributed by atoms with Crippen LogP contribution in [0.4, 0.5) is 0 Å². The summed E-state index contributed by atoms with van der Waals surface area (Å²) in [5, 5.41) is 54.9. The second-order valence-electron chi connectivity index (χ2n) is 13.3. The van der Waals surface area contributed by atoms with E-state index >= 15 is 0 Å². The number of carboxylic acids is 3. The number of nitrogens with zero attached hydrogens (tertiary/aromatic N) is 2. The Labute approximate surface area is 300 Å². The van der Waals surface area contributed by atoms with Crippen molar-refractivity contribution in [1.82, 2.24) is 19.9 Å². The molecule has 278 valence electrons. The van der Waals surface area contributed by atoms with Crippen molar-refractivity contribution in [3.05, 3.63) is 75.4 Å². The predicted molar refractivity (Wildman–Crippen MR) is 198 cm³/mol. The Balaban J connectivity index is 0.000000677. The fourth-order valence-corrected chi connectivity index (χ4v) is 6.68. The number of carbonyl (C=O) groups is 3. The highest BCUT2D eigenvalue weighted by Gasteiger charge is 2.35. The first-order valence-electron chi connectivity index (χ1n) is 16.9. The van der Waals surface area contributed by atoms with E-state index in [0.717, 1.165) is 44.3 Å². The lowest BCUT2D eigenvalue weighted by atomic mass is 9.84. The summed E-state index contributed by atoms with van der Waals surface area (Å²) in [5.41, 5.74) is 13.2. The van der Waals surface area contributed by atoms with Gasteiger partial charge in [0.15, 0.2) is 0 Å². The van der Waals surface area contributed by atoms with Crippen LogP contribution in [0.3, 0.4) is 0 Å². The van der Waals surface area contributed by atoms with E-state index in [1.807, 2.05) is 45.9 Å². The zero-order chi connectivity index (χ0) is 38.7. The largest absolute Gasteiger partial charge is 0.481 e. The Morgan fingerprint density at radius 2 is 1.50 bits per heavy atom. The number of aliphatic carboxylic acids is 3. The maximum atomic E-state index is 12.7. The summed E-state index contributed by atoms with van der Waals surface area (Å²) in [6.07, 6.45) is 2.03. The smallest absolute Gasteiger partial charge is 0.338 e. The maximum Gasteiger partial charge on any atom is 0.338 e. The molecule has 0 amide bonds. The number of rotatable bonds is 11. The number of hydrogen-bond donors (Lipinski definition) is 9. The molecule has 5 rings (SSSR count). The van der Waals surface area contributed by atoms with E-state index in [-0.39, 0.29) is 35.6 Å². The molecule has 0 aliphatic carbocycles. The number of fused-ring (bicyclic) bond motifs is 8. The third kappa shape index (κ3) is 7.84. The Hall–Kier alpha value is -5.15. The number of nitrogens with one attached hydrogen (secondary N) is 2. The van der Waals surface area contributed by atoms with Gasteiger partial charge in [0, 0.05) is 57.1 Å². The highest BCUT2D eigenvalue weighted by molar-refractivity contribution is 6.24. The normalized spacial score (nSPS) is 15.6. The number of aromatic nitrogens is 4. The maximum absolute atomic E-state index is 12.7. The van der Waals surface area contributed by atoms with Gasteiger partial charge < -0.3 is 46.3 Å². The topological polar surface area (TPSA) is 256 Å². The molecular weight excluding hydrogens is 670 g/mol. The van der Waals surface area contributed by atoms with Gasteiger partial charge in [-0.1, -0.05) is 26.5 Å². The number of aliphatic hydroxyl groups excluding tert-OH is 3. The number of aliphatic hydroxyl groups is 3. The van der Waals surface area contributed by atoms with Gasteiger partial charge in [0.05, 0.1) is 54.4 Å². The summed E-state index contributed by atoms with van der Waals surface area (Å²) in [6, 6.07) is 5.75. The van der Waals surface area contributed by atoms with Crippen molar-refractivity contribution >= 4 is 57.2 Å². The third-order valence-corrected chi connectivity index (χ3v) is 9.89. The van der Waals surface area contributed by atoms with Crippen molar-refractivity contribution < 1.29 is 45.0 Å². The molecule has 52 heavy (non-hydrogen) atoms. The second-order valence-corrected chi connectivity index (χ2v) is 13.3. The summed E-state index contributed by atoms with van der Waals surface area (Å²) < 4.78 is 0. The first kappa shape index (κ1) is 39.6. The third-order valence-electron chi connectivity index (χ3n) is 9.89. The molecule has 2 aliphatic rings. The first-order valence-corrected chi connectivity index (χ1v) is 16.9. The molecule has 3 aromatic heterocycles. The van der Waals surface area contributed by atoms with Crippen molar-refractivity contribution in [2.45, 2.75) is 77.7 Å². The van der Waals surface area contributed by atoms with Crippen molar-refractivity contribution in [3.63, 3.8) is 0 Å². The summed E-state index contributed by atoms with van der Waals surface area (Å²) in [4.78, 5) is 53.2. The van der Waals surface area contributed by atoms with Crippen LogP contribution in [0.1, 0.15) is 96.0 Å². The fraction of sp³-hybridized carbons (Fsp3) is 0.395. The van der Waals surface area contributed by atoms with Crippen LogP contribution in [-0.4, -0.2) is 93.8 Å². The van der Waals surface area contributed by atoms with Gasteiger partial charge in [-0.05, 0) is 74.1 Å². The number of carboxylic acid groups (broad SMARTS) is 3. The molecule has 10 N–H and O–H groups in total. The zero-order valence-electron chi connectivity index (χ0n) is 30.0. The van der Waals surface area contributed by atoms with Gasteiger partial charge in [-0.15, -0.1) is 0 Å². The number of aromatic amines is 2. The summed E-state index contributed by atoms with van der Waals surface area (Å²) >= 11 is 0. The molecule has 8 bridgehead atoms. The lowest BCUT2D eigenvalue weighted by Crippen LogP contribution is -2.50. The SMILES string of the molecule is C=Cc1c(C)c2cc3nc(c(CC(=O)O)c4nc(cc5[nH]c(cc1[nH]2)c(C)c5CC)C(C)=C4C(=O)O)[C@@H](CCC(=O)O)[C@@H]3C.NC(CO)(CO)CO. The molecule has 0 saturated carbocycles. The van der Waals surface area contributed by atoms with Gasteiger partial charge in [0.2, 0.25) is 0 Å². The van der Waals surface area contributed by atoms with E-state index in [1.54, 1.807) is 13.0 Å². The van der Waals surface area contributed by atoms with Gasteiger partial charge in [0.1, 0.15) is 0 Å². The Bertz CT molecular complexity index is 2100. The van der Waals surface area contributed by atoms with Crippen LogP contribution in [-0.2, 0) is 27.2 Å². The highest BCUT2D eigenvalue weighted by Crippen LogP contribution is 2.43. The lowest BCUT2D eigenvalue weighted by Gasteiger charge is -2.20. The second kappa shape index (κ2) is 16.0. The fourth-order valence-electron chi connectivity index (χ4n) is 6.68. The van der Waals surface area contributed by atoms with E-state index in [1.165, 1.54) is 0 Å². The Morgan fingerprint density at radius 3 is 2.02 bits per heavy atom. The van der Waals surface area contributed by atoms with Gasteiger partial charge >= 0.3 is 17.9 Å². The quantitative estimate of drug-likeness (QED) is 0.135. The minimum absolute atomic E-state index is 0.0451. The molecule has 3 aromatic rings. The van der Waals surface area contributed by atoms with Crippen LogP contribution in [0.15, 0.2) is 24.8 Å². The number of H-pyrrole nitrogens is 2. The van der Waals surface area contributed by atoms with E-state index in [2.05, 4.69) is 16.5 Å². The molecule has 0 saturated heterocycles. The molecule has 2 aliphatic heterocycles. The van der Waals surface area contributed by atoms with Crippen molar-refractivity contribution in [2.75, 3.05) is 19.8 Å². The van der Waals surface area contributed by atoms with Crippen LogP contribution in [0.5, 0.6) is 0 Å². The zero-order valence-corrected chi connectivity index (χ0v) is 30.0. The van der Waals surface area contributed by atoms with E-state index in [4.69, 9.17) is 31.0 Å². The minimum Gasteiger partial charge on any atom is -0.481 e. The predicted octanol–water partition coefficient (Wildman–Crippen LogP) is 4.19. The molecule has 0 aromatic carbocycles. The van der Waals surface area contributed by atoms with Crippen molar-refractivity contribution in [1.29, 1.82) is 0 Å². The van der Waals surface area contributed by atoms with Crippen LogP contribution < -0.4 is 5.73 Å². The molecule has 2 atom stereocenters. The number of nitrogens with two attached hydrogens (primary N) is 1. The molecule has 0 fully saturated rings. The average molecular weight is 718 g/mol. The van der Waals surface area contributed by atoms with Crippen LogP contribution in [0.25, 0.3) is 39.3 Å². The van der Waals surface area contributed by atoms with Crippen LogP contribution >= 0.6 is 0 Å². The minimum atomic E-state index is -1.23. The summed E-state index contributed by atoms with van der Waals surface area (Å²) in [6.45, 7) is 12.5. The molecule has 14 nitrogen and oxygen atoms in total. The molecule has 0 radical (unpaired) electrons. The highest BCUT2D eigenvalue weighted by atomic mass is 16.4. The summed E-state index contributed by atoms with van der Waals surface area (Å²) in [5.74, 6) is -4.13. The number of hydrogen-bond acceptors (Lipinski definition) is 9. The molecule has 0 spiro atoms. The van der Waals surface area contributed by atoms with Crippen LogP contribution in [0, 0.1) is 13.8 Å².